The zero-order valence-corrected chi connectivity index (χ0v) is 35.3. The van der Waals surface area contributed by atoms with Gasteiger partial charge in [0.2, 0.25) is 11.5 Å². The SMILES string of the molecule is CN(CCCc1ccccc1)C1CCC(N(C(=O)O)c2cc(CCCC(=O)Nc3ccc(CNCC(O)c4ccc(O)c5[nH]c(=O)ccc45)cc3)ccc2-c2ccccc2)CC1. The molecule has 11 heteroatoms. The number of nitrogens with zero attached hydrogens (tertiary/aromatic N) is 2. The molecule has 322 valence electrons. The molecule has 6 N–H and O–H groups in total. The van der Waals surface area contributed by atoms with Crippen molar-refractivity contribution in [3.63, 3.8) is 0 Å². The second-order valence-electron chi connectivity index (χ2n) is 16.4. The summed E-state index contributed by atoms with van der Waals surface area (Å²) >= 11 is 0. The quantitative estimate of drug-likeness (QED) is 0.0501. The number of H-pyrrole nitrogens is 1. The highest BCUT2D eigenvalue weighted by Crippen LogP contribution is 2.37. The van der Waals surface area contributed by atoms with Gasteiger partial charge in [0.1, 0.15) is 5.75 Å². The molecule has 1 aliphatic carbocycles. The minimum absolute atomic E-state index is 0.0570. The van der Waals surface area contributed by atoms with Gasteiger partial charge in [-0.25, -0.2) is 4.79 Å². The third-order valence-electron chi connectivity index (χ3n) is 12.1. The highest BCUT2D eigenvalue weighted by atomic mass is 16.4. The number of hydrogen-bond donors (Lipinski definition) is 6. The molecule has 0 spiro atoms. The first-order valence-corrected chi connectivity index (χ1v) is 21.7. The summed E-state index contributed by atoms with van der Waals surface area (Å²) in [5, 5.41) is 38.6. The first kappa shape index (κ1) is 43.8. The molecule has 1 saturated carbocycles. The van der Waals surface area contributed by atoms with Crippen LogP contribution in [0.25, 0.3) is 22.0 Å². The van der Waals surface area contributed by atoms with Crippen LogP contribution in [-0.4, -0.2) is 69.4 Å². The number of carbonyl (C=O) groups excluding carboxylic acids is 1. The average Bonchev–Trinajstić information content (AvgIpc) is 3.28. The molecule has 1 aromatic heterocycles. The van der Waals surface area contributed by atoms with Crippen LogP contribution in [0, 0.1) is 0 Å². The molecule has 7 rings (SSSR count). The minimum atomic E-state index is -0.944. The number of fused-ring (bicyclic) bond motifs is 1. The number of rotatable bonds is 18. The Labute approximate surface area is 363 Å². The van der Waals surface area contributed by atoms with Crippen molar-refractivity contribution in [1.29, 1.82) is 0 Å². The molecule has 62 heavy (non-hydrogen) atoms. The van der Waals surface area contributed by atoms with Crippen LogP contribution in [0.15, 0.2) is 132 Å². The number of phenolic OH excluding ortho intramolecular Hbond substituents is 1. The molecule has 1 heterocycles. The van der Waals surface area contributed by atoms with E-state index < -0.39 is 12.2 Å². The van der Waals surface area contributed by atoms with Crippen LogP contribution in [0.2, 0.25) is 0 Å². The van der Waals surface area contributed by atoms with Crippen molar-refractivity contribution in [2.24, 2.45) is 0 Å². The van der Waals surface area contributed by atoms with Crippen molar-refractivity contribution in [2.75, 3.05) is 30.4 Å². The number of aromatic amines is 1. The number of benzene rings is 5. The number of aliphatic hydroxyl groups excluding tert-OH is 1. The van der Waals surface area contributed by atoms with E-state index in [9.17, 15) is 29.7 Å². The van der Waals surface area contributed by atoms with Crippen molar-refractivity contribution in [3.05, 3.63) is 160 Å². The summed E-state index contributed by atoms with van der Waals surface area (Å²) in [6.07, 6.45) is 5.33. The van der Waals surface area contributed by atoms with Crippen molar-refractivity contribution in [3.8, 4) is 16.9 Å². The van der Waals surface area contributed by atoms with Gasteiger partial charge in [-0.1, -0.05) is 91.0 Å². The summed E-state index contributed by atoms with van der Waals surface area (Å²) in [4.78, 5) is 44.6. The second-order valence-corrected chi connectivity index (χ2v) is 16.4. The first-order chi connectivity index (χ1) is 30.1. The van der Waals surface area contributed by atoms with Gasteiger partial charge in [0.15, 0.2) is 0 Å². The lowest BCUT2D eigenvalue weighted by Gasteiger charge is -2.39. The highest BCUT2D eigenvalue weighted by molar-refractivity contribution is 5.94. The van der Waals surface area contributed by atoms with Gasteiger partial charge in [-0.15, -0.1) is 0 Å². The van der Waals surface area contributed by atoms with Crippen molar-refractivity contribution >= 4 is 34.3 Å². The fourth-order valence-electron chi connectivity index (χ4n) is 8.76. The van der Waals surface area contributed by atoms with E-state index in [1.54, 1.807) is 17.0 Å². The molecule has 2 amide bonds. The van der Waals surface area contributed by atoms with Gasteiger partial charge >= 0.3 is 6.09 Å². The van der Waals surface area contributed by atoms with E-state index >= 15 is 0 Å². The predicted molar refractivity (Wildman–Crippen MR) is 247 cm³/mol. The zero-order valence-electron chi connectivity index (χ0n) is 35.3. The van der Waals surface area contributed by atoms with E-state index in [4.69, 9.17) is 0 Å². The van der Waals surface area contributed by atoms with E-state index in [2.05, 4.69) is 51.8 Å². The molecule has 0 bridgehead atoms. The lowest BCUT2D eigenvalue weighted by Crippen LogP contribution is -2.45. The highest BCUT2D eigenvalue weighted by Gasteiger charge is 2.32. The summed E-state index contributed by atoms with van der Waals surface area (Å²) in [5.41, 5.74) is 7.09. The van der Waals surface area contributed by atoms with Crippen molar-refractivity contribution in [1.82, 2.24) is 15.2 Å². The zero-order chi connectivity index (χ0) is 43.4. The number of carbonyl (C=O) groups is 2. The number of carboxylic acid groups (broad SMARTS) is 1. The molecular formula is C51H57N5O6. The van der Waals surface area contributed by atoms with E-state index in [-0.39, 0.29) is 29.8 Å². The van der Waals surface area contributed by atoms with Crippen LogP contribution >= 0.6 is 0 Å². The number of anilines is 2. The molecular weight excluding hydrogens is 779 g/mol. The molecule has 0 radical (unpaired) electrons. The Hall–Kier alpha value is -6.27. The Bertz CT molecular complexity index is 2470. The summed E-state index contributed by atoms with van der Waals surface area (Å²) in [6.45, 7) is 1.74. The van der Waals surface area contributed by atoms with Gasteiger partial charge in [-0.2, -0.15) is 0 Å². The van der Waals surface area contributed by atoms with Gasteiger partial charge in [0.25, 0.3) is 0 Å². The summed E-state index contributed by atoms with van der Waals surface area (Å²) in [5.74, 6) is -0.157. The lowest BCUT2D eigenvalue weighted by molar-refractivity contribution is -0.116. The van der Waals surface area contributed by atoms with E-state index in [0.717, 1.165) is 67.3 Å². The van der Waals surface area contributed by atoms with E-state index in [0.29, 0.717) is 59.7 Å². The number of aromatic nitrogens is 1. The molecule has 5 aromatic carbocycles. The molecule has 0 saturated heterocycles. The Morgan fingerprint density at radius 2 is 1.45 bits per heavy atom. The molecule has 6 aromatic rings. The maximum atomic E-state index is 13.1. The molecule has 1 unspecified atom stereocenters. The Balaban J connectivity index is 0.910. The Kier molecular flexibility index (Phi) is 14.8. The monoisotopic (exact) mass is 835 g/mol. The van der Waals surface area contributed by atoms with Crippen molar-refractivity contribution < 1.29 is 24.9 Å². The third-order valence-corrected chi connectivity index (χ3v) is 12.1. The number of aromatic hydroxyl groups is 1. The smallest absolute Gasteiger partial charge is 0.412 e. The van der Waals surface area contributed by atoms with E-state index in [1.165, 1.54) is 17.7 Å². The largest absolute Gasteiger partial charge is 0.506 e. The molecule has 11 nitrogen and oxygen atoms in total. The van der Waals surface area contributed by atoms with Crippen molar-refractivity contribution in [2.45, 2.75) is 82.5 Å². The standard InChI is InChI=1S/C51H57N5O6/c1-55(31-9-13-35-10-4-2-5-11-35)40-22-24-41(25-23-40)56(51(61)62)45-32-36(19-26-42(45)38-14-6-3-7-15-38)12-8-16-48(59)53-39-20-17-37(18-21-39)33-52-34-47(58)43-27-29-46(57)50-44(43)28-30-49(60)54-50/h2-7,10-11,14-15,17-21,26-30,32,40-41,47,52,57-58H,8-9,12-13,16,22-25,31,33-34H2,1H3,(H,53,59)(H,54,60)(H,61,62). The van der Waals surface area contributed by atoms with Gasteiger partial charge in [-0.3, -0.25) is 14.5 Å². The topological polar surface area (TPSA) is 158 Å². The summed E-state index contributed by atoms with van der Waals surface area (Å²) in [6, 6.07) is 40.5. The number of aliphatic hydroxyl groups is 1. The fourth-order valence-corrected chi connectivity index (χ4v) is 8.76. The average molecular weight is 836 g/mol. The number of phenols is 1. The lowest BCUT2D eigenvalue weighted by atomic mass is 9.88. The minimum Gasteiger partial charge on any atom is -0.506 e. The Morgan fingerprint density at radius 1 is 0.774 bits per heavy atom. The number of nitrogens with one attached hydrogen (secondary N) is 3. The van der Waals surface area contributed by atoms with E-state index in [1.807, 2.05) is 78.9 Å². The number of pyridine rings is 1. The maximum absolute atomic E-state index is 13.1. The van der Waals surface area contributed by atoms with Crippen LogP contribution in [-0.2, 0) is 24.2 Å². The summed E-state index contributed by atoms with van der Waals surface area (Å²) in [7, 11) is 2.20. The number of hydrogen-bond acceptors (Lipinski definition) is 7. The normalized spacial score (nSPS) is 15.7. The second kappa shape index (κ2) is 21.0. The van der Waals surface area contributed by atoms with Gasteiger partial charge in [0, 0.05) is 54.3 Å². The Morgan fingerprint density at radius 3 is 2.18 bits per heavy atom. The molecule has 1 aliphatic rings. The van der Waals surface area contributed by atoms with Crippen LogP contribution in [0.4, 0.5) is 16.2 Å². The van der Waals surface area contributed by atoms with Gasteiger partial charge < -0.3 is 35.8 Å². The van der Waals surface area contributed by atoms with Gasteiger partial charge in [0.05, 0.1) is 17.3 Å². The molecule has 0 aliphatic heterocycles. The van der Waals surface area contributed by atoms with Crippen LogP contribution in [0.3, 0.4) is 0 Å². The fraction of sp³-hybridized carbons (Fsp3) is 0.314. The number of aryl methyl sites for hydroxylation is 2. The van der Waals surface area contributed by atoms with Gasteiger partial charge in [-0.05, 0) is 123 Å². The number of amides is 2. The molecule has 1 fully saturated rings. The van der Waals surface area contributed by atoms with Crippen LogP contribution in [0.5, 0.6) is 5.75 Å². The molecule has 1 atom stereocenters. The first-order valence-electron chi connectivity index (χ1n) is 21.7. The maximum Gasteiger partial charge on any atom is 0.412 e. The predicted octanol–water partition coefficient (Wildman–Crippen LogP) is 9.05. The third kappa shape index (κ3) is 11.3. The van der Waals surface area contributed by atoms with Crippen LogP contribution < -0.4 is 21.1 Å². The van der Waals surface area contributed by atoms with Crippen LogP contribution in [0.1, 0.15) is 73.3 Å². The summed E-state index contributed by atoms with van der Waals surface area (Å²) < 4.78 is 0.